The largest absolute Gasteiger partial charge is 0.486 e. The van der Waals surface area contributed by atoms with E-state index in [0.717, 1.165) is 48.4 Å². The van der Waals surface area contributed by atoms with Gasteiger partial charge in [-0.15, -0.1) is 0 Å². The van der Waals surface area contributed by atoms with Crippen LogP contribution in [0.25, 0.3) is 0 Å². The second-order valence-corrected chi connectivity index (χ2v) is 7.56. The van der Waals surface area contributed by atoms with Gasteiger partial charge in [-0.2, -0.15) is 0 Å². The van der Waals surface area contributed by atoms with Crippen molar-refractivity contribution < 1.29 is 14.3 Å². The van der Waals surface area contributed by atoms with Crippen LogP contribution in [0.5, 0.6) is 11.5 Å². The first kappa shape index (κ1) is 18.1. The van der Waals surface area contributed by atoms with Gasteiger partial charge in [-0.1, -0.05) is 19.9 Å². The zero-order valence-corrected chi connectivity index (χ0v) is 15.4. The summed E-state index contributed by atoms with van der Waals surface area (Å²) < 4.78 is 11.1. The topological polar surface area (TPSA) is 50.8 Å². The second kappa shape index (κ2) is 8.56. The molecule has 1 aromatic rings. The number of fused-ring (bicyclic) bond motifs is 1. The molecular weight excluding hydrogens is 316 g/mol. The summed E-state index contributed by atoms with van der Waals surface area (Å²) in [6, 6.07) is 5.73. The molecule has 1 fully saturated rings. The Kier molecular flexibility index (Phi) is 6.19. The molecule has 0 aliphatic carbocycles. The molecule has 0 bridgehead atoms. The SMILES string of the molecule is C[C@@H]1C[C@H](C)CN(CCCNC(=O)Cc2ccc3c(c2)OCCO3)C1. The number of carbonyl (C=O) groups is 1. The summed E-state index contributed by atoms with van der Waals surface area (Å²) in [5, 5.41) is 3.04. The molecule has 0 aromatic heterocycles. The van der Waals surface area contributed by atoms with Crippen molar-refractivity contribution in [3.8, 4) is 11.5 Å². The normalized spacial score (nSPS) is 23.3. The molecule has 1 aromatic carbocycles. The van der Waals surface area contributed by atoms with Crippen molar-refractivity contribution in [1.29, 1.82) is 0 Å². The van der Waals surface area contributed by atoms with Crippen LogP contribution < -0.4 is 14.8 Å². The minimum Gasteiger partial charge on any atom is -0.486 e. The maximum absolute atomic E-state index is 12.1. The number of rotatable bonds is 6. The standard InChI is InChI=1S/C20H30N2O3/c1-15-10-16(2)14-22(13-15)7-3-6-21-20(23)12-17-4-5-18-19(11-17)25-9-8-24-18/h4-5,11,15-16H,3,6-10,12-14H2,1-2H3,(H,21,23)/t15-,16+. The van der Waals surface area contributed by atoms with Gasteiger partial charge < -0.3 is 19.7 Å². The molecule has 2 aliphatic rings. The molecule has 1 saturated heterocycles. The molecule has 0 spiro atoms. The number of nitrogens with one attached hydrogen (secondary N) is 1. The van der Waals surface area contributed by atoms with E-state index in [0.29, 0.717) is 19.6 Å². The summed E-state index contributed by atoms with van der Waals surface area (Å²) in [4.78, 5) is 14.7. The average molecular weight is 346 g/mol. The molecule has 3 rings (SSSR count). The van der Waals surface area contributed by atoms with E-state index in [2.05, 4.69) is 24.1 Å². The van der Waals surface area contributed by atoms with Gasteiger partial charge in [0.2, 0.25) is 5.91 Å². The zero-order valence-electron chi connectivity index (χ0n) is 15.4. The number of likely N-dealkylation sites (tertiary alicyclic amines) is 1. The Morgan fingerprint density at radius 2 is 1.88 bits per heavy atom. The van der Waals surface area contributed by atoms with Crippen molar-refractivity contribution in [3.63, 3.8) is 0 Å². The third kappa shape index (κ3) is 5.36. The van der Waals surface area contributed by atoms with E-state index in [-0.39, 0.29) is 5.91 Å². The molecule has 1 amide bonds. The van der Waals surface area contributed by atoms with Crippen LogP contribution in [0.2, 0.25) is 0 Å². The number of benzene rings is 1. The summed E-state index contributed by atoms with van der Waals surface area (Å²) >= 11 is 0. The minimum atomic E-state index is 0.0667. The van der Waals surface area contributed by atoms with Crippen molar-refractivity contribution in [1.82, 2.24) is 10.2 Å². The highest BCUT2D eigenvalue weighted by Crippen LogP contribution is 2.30. The van der Waals surface area contributed by atoms with E-state index in [1.165, 1.54) is 19.5 Å². The Balaban J connectivity index is 1.37. The first-order chi connectivity index (χ1) is 12.1. The van der Waals surface area contributed by atoms with E-state index in [4.69, 9.17) is 9.47 Å². The highest BCUT2D eigenvalue weighted by atomic mass is 16.6. The van der Waals surface area contributed by atoms with Crippen LogP contribution in [0.15, 0.2) is 18.2 Å². The van der Waals surface area contributed by atoms with Gasteiger partial charge in [-0.25, -0.2) is 0 Å². The Labute approximate surface area is 150 Å². The van der Waals surface area contributed by atoms with Crippen LogP contribution in [-0.4, -0.2) is 50.2 Å². The van der Waals surface area contributed by atoms with Crippen LogP contribution in [0.4, 0.5) is 0 Å². The Morgan fingerprint density at radius 3 is 2.64 bits per heavy atom. The summed E-state index contributed by atoms with van der Waals surface area (Å²) in [6.07, 6.45) is 2.73. The Bertz CT molecular complexity index is 580. The van der Waals surface area contributed by atoms with Gasteiger partial charge in [0.05, 0.1) is 6.42 Å². The number of hydrogen-bond donors (Lipinski definition) is 1. The van der Waals surface area contributed by atoms with Gasteiger partial charge in [0, 0.05) is 19.6 Å². The highest BCUT2D eigenvalue weighted by molar-refractivity contribution is 5.78. The monoisotopic (exact) mass is 346 g/mol. The fourth-order valence-electron chi connectivity index (χ4n) is 3.95. The summed E-state index contributed by atoms with van der Waals surface area (Å²) in [5.74, 6) is 3.14. The van der Waals surface area contributed by atoms with E-state index >= 15 is 0 Å². The van der Waals surface area contributed by atoms with Gasteiger partial charge in [0.25, 0.3) is 0 Å². The smallest absolute Gasteiger partial charge is 0.224 e. The molecule has 0 saturated carbocycles. The first-order valence-corrected chi connectivity index (χ1v) is 9.47. The third-order valence-electron chi connectivity index (χ3n) is 4.89. The molecular formula is C20H30N2O3. The molecule has 2 atom stereocenters. The lowest BCUT2D eigenvalue weighted by atomic mass is 9.92. The van der Waals surface area contributed by atoms with Gasteiger partial charge in [0.15, 0.2) is 11.5 Å². The lowest BCUT2D eigenvalue weighted by Crippen LogP contribution is -2.40. The maximum atomic E-state index is 12.1. The highest BCUT2D eigenvalue weighted by Gasteiger charge is 2.21. The Morgan fingerprint density at radius 1 is 1.16 bits per heavy atom. The first-order valence-electron chi connectivity index (χ1n) is 9.47. The van der Waals surface area contributed by atoms with Crippen molar-refractivity contribution >= 4 is 5.91 Å². The van der Waals surface area contributed by atoms with Crippen molar-refractivity contribution in [2.24, 2.45) is 11.8 Å². The van der Waals surface area contributed by atoms with Gasteiger partial charge >= 0.3 is 0 Å². The third-order valence-corrected chi connectivity index (χ3v) is 4.89. The van der Waals surface area contributed by atoms with Crippen molar-refractivity contribution in [2.75, 3.05) is 39.4 Å². The predicted molar refractivity (Wildman–Crippen MR) is 98.1 cm³/mol. The van der Waals surface area contributed by atoms with Crippen LogP contribution in [0.3, 0.4) is 0 Å². The fraction of sp³-hybridized carbons (Fsp3) is 0.650. The number of ether oxygens (including phenoxy) is 2. The second-order valence-electron chi connectivity index (χ2n) is 7.56. The van der Waals surface area contributed by atoms with Gasteiger partial charge in [-0.05, 0) is 48.9 Å². The lowest BCUT2D eigenvalue weighted by Gasteiger charge is -2.34. The number of piperidine rings is 1. The van der Waals surface area contributed by atoms with E-state index in [1.807, 2.05) is 18.2 Å². The molecule has 138 valence electrons. The average Bonchev–Trinajstić information content (AvgIpc) is 2.58. The number of carbonyl (C=O) groups excluding carboxylic acids is 1. The van der Waals surface area contributed by atoms with Gasteiger partial charge in [-0.3, -0.25) is 4.79 Å². The Hall–Kier alpha value is -1.75. The quantitative estimate of drug-likeness (QED) is 0.804. The molecule has 25 heavy (non-hydrogen) atoms. The van der Waals surface area contributed by atoms with Crippen LogP contribution in [0.1, 0.15) is 32.3 Å². The molecule has 2 heterocycles. The fourth-order valence-corrected chi connectivity index (χ4v) is 3.95. The minimum absolute atomic E-state index is 0.0667. The van der Waals surface area contributed by atoms with E-state index in [9.17, 15) is 4.79 Å². The molecule has 0 radical (unpaired) electrons. The van der Waals surface area contributed by atoms with Crippen molar-refractivity contribution in [3.05, 3.63) is 23.8 Å². The molecule has 2 aliphatic heterocycles. The molecule has 5 nitrogen and oxygen atoms in total. The number of nitrogens with zero attached hydrogens (tertiary/aromatic N) is 1. The maximum Gasteiger partial charge on any atom is 0.224 e. The van der Waals surface area contributed by atoms with Gasteiger partial charge in [0.1, 0.15) is 13.2 Å². The summed E-state index contributed by atoms with van der Waals surface area (Å²) in [6.45, 7) is 10.00. The molecule has 0 unspecified atom stereocenters. The van der Waals surface area contributed by atoms with Crippen LogP contribution >= 0.6 is 0 Å². The number of amides is 1. The zero-order chi connectivity index (χ0) is 17.6. The predicted octanol–water partition coefficient (Wildman–Crippen LogP) is 2.48. The van der Waals surface area contributed by atoms with E-state index < -0.39 is 0 Å². The lowest BCUT2D eigenvalue weighted by molar-refractivity contribution is -0.120. The number of hydrogen-bond acceptors (Lipinski definition) is 4. The van der Waals surface area contributed by atoms with Crippen LogP contribution in [0, 0.1) is 11.8 Å². The summed E-state index contributed by atoms with van der Waals surface area (Å²) in [7, 11) is 0. The van der Waals surface area contributed by atoms with E-state index in [1.54, 1.807) is 0 Å². The van der Waals surface area contributed by atoms with Crippen LogP contribution in [-0.2, 0) is 11.2 Å². The summed E-state index contributed by atoms with van der Waals surface area (Å²) in [5.41, 5.74) is 0.959. The van der Waals surface area contributed by atoms with Crippen molar-refractivity contribution in [2.45, 2.75) is 33.1 Å². The molecule has 1 N–H and O–H groups in total. The molecule has 5 heteroatoms.